The van der Waals surface area contributed by atoms with Crippen molar-refractivity contribution in [1.82, 2.24) is 5.48 Å². The van der Waals surface area contributed by atoms with E-state index >= 15 is 0 Å². The van der Waals surface area contributed by atoms with Crippen LogP contribution in [0.2, 0.25) is 0 Å². The standard InChI is InChI=1S/C12H16N2O4S/c1-18-13-12(15)10-4-6-11(7-5-10)14-8-2-3-9-19(14,16)17/h4-7H,2-3,8-9H2,1H3,(H,13,15). The lowest BCUT2D eigenvalue weighted by Gasteiger charge is -2.28. The van der Waals surface area contributed by atoms with Crippen molar-refractivity contribution in [2.75, 3.05) is 23.7 Å². The summed E-state index contributed by atoms with van der Waals surface area (Å²) in [6, 6.07) is 6.42. The van der Waals surface area contributed by atoms with Crippen LogP contribution in [0, 0.1) is 0 Å². The van der Waals surface area contributed by atoms with Gasteiger partial charge in [-0.2, -0.15) is 0 Å². The third kappa shape index (κ3) is 3.05. The summed E-state index contributed by atoms with van der Waals surface area (Å²) in [5.41, 5.74) is 3.21. The van der Waals surface area contributed by atoms with Gasteiger partial charge in [-0.25, -0.2) is 13.9 Å². The Hall–Kier alpha value is -1.60. The maximum absolute atomic E-state index is 11.9. The third-order valence-corrected chi connectivity index (χ3v) is 4.83. The van der Waals surface area contributed by atoms with E-state index in [0.717, 1.165) is 6.42 Å². The number of rotatable bonds is 3. The Morgan fingerprint density at radius 2 is 1.95 bits per heavy atom. The van der Waals surface area contributed by atoms with Crippen molar-refractivity contribution in [3.8, 4) is 0 Å². The second-order valence-electron chi connectivity index (χ2n) is 4.28. The van der Waals surface area contributed by atoms with Crippen LogP contribution in [0.1, 0.15) is 23.2 Å². The van der Waals surface area contributed by atoms with E-state index in [9.17, 15) is 13.2 Å². The van der Waals surface area contributed by atoms with E-state index in [1.54, 1.807) is 24.3 Å². The highest BCUT2D eigenvalue weighted by Gasteiger charge is 2.25. The van der Waals surface area contributed by atoms with Gasteiger partial charge in [0, 0.05) is 12.1 Å². The van der Waals surface area contributed by atoms with E-state index in [1.165, 1.54) is 11.4 Å². The molecule has 0 bridgehead atoms. The highest BCUT2D eigenvalue weighted by molar-refractivity contribution is 7.92. The van der Waals surface area contributed by atoms with Gasteiger partial charge in [0.15, 0.2) is 0 Å². The zero-order chi connectivity index (χ0) is 13.9. The minimum Gasteiger partial charge on any atom is -0.277 e. The average Bonchev–Trinajstić information content (AvgIpc) is 2.39. The Kier molecular flexibility index (Phi) is 4.06. The molecule has 0 saturated carbocycles. The summed E-state index contributed by atoms with van der Waals surface area (Å²) in [7, 11) is -1.86. The number of amides is 1. The van der Waals surface area contributed by atoms with Crippen LogP contribution in [-0.4, -0.2) is 33.7 Å². The fraction of sp³-hybridized carbons (Fsp3) is 0.417. The maximum Gasteiger partial charge on any atom is 0.274 e. The molecule has 0 spiro atoms. The van der Waals surface area contributed by atoms with Gasteiger partial charge < -0.3 is 0 Å². The van der Waals surface area contributed by atoms with Gasteiger partial charge in [0.05, 0.1) is 18.6 Å². The molecule has 6 nitrogen and oxygen atoms in total. The average molecular weight is 284 g/mol. The molecule has 1 heterocycles. The highest BCUT2D eigenvalue weighted by atomic mass is 32.2. The molecule has 104 valence electrons. The van der Waals surface area contributed by atoms with Crippen molar-refractivity contribution in [2.45, 2.75) is 12.8 Å². The molecule has 1 aliphatic rings. The number of benzene rings is 1. The molecule has 0 aliphatic carbocycles. The van der Waals surface area contributed by atoms with Crippen molar-refractivity contribution in [1.29, 1.82) is 0 Å². The lowest BCUT2D eigenvalue weighted by Crippen LogP contribution is -2.37. The predicted octanol–water partition coefficient (Wildman–Crippen LogP) is 0.908. The van der Waals surface area contributed by atoms with E-state index in [1.807, 2.05) is 0 Å². The van der Waals surface area contributed by atoms with E-state index in [4.69, 9.17) is 0 Å². The Labute approximate surface area is 112 Å². The van der Waals surface area contributed by atoms with Crippen molar-refractivity contribution >= 4 is 21.6 Å². The molecular formula is C12H16N2O4S. The lowest BCUT2D eigenvalue weighted by molar-refractivity contribution is 0.0537. The van der Waals surface area contributed by atoms with Crippen LogP contribution in [0.5, 0.6) is 0 Å². The molecule has 0 aromatic heterocycles. The van der Waals surface area contributed by atoms with Crippen LogP contribution >= 0.6 is 0 Å². The minimum atomic E-state index is -3.21. The van der Waals surface area contributed by atoms with Crippen molar-refractivity contribution in [3.63, 3.8) is 0 Å². The fourth-order valence-electron chi connectivity index (χ4n) is 2.01. The van der Waals surface area contributed by atoms with Crippen molar-refractivity contribution < 1.29 is 18.0 Å². The predicted molar refractivity (Wildman–Crippen MR) is 71.3 cm³/mol. The summed E-state index contributed by atoms with van der Waals surface area (Å²) in [4.78, 5) is 16.0. The SMILES string of the molecule is CONC(=O)c1ccc(N2CCCCS2(=O)=O)cc1. The smallest absolute Gasteiger partial charge is 0.274 e. The number of carbonyl (C=O) groups excluding carboxylic acids is 1. The second-order valence-corrected chi connectivity index (χ2v) is 6.29. The third-order valence-electron chi connectivity index (χ3n) is 2.96. The molecule has 0 atom stereocenters. The maximum atomic E-state index is 11.9. The highest BCUT2D eigenvalue weighted by Crippen LogP contribution is 2.23. The van der Waals surface area contributed by atoms with Crippen LogP contribution in [0.4, 0.5) is 5.69 Å². The summed E-state index contributed by atoms with van der Waals surface area (Å²) in [6.07, 6.45) is 1.55. The van der Waals surface area contributed by atoms with Gasteiger partial charge in [-0.1, -0.05) is 0 Å². The molecule has 1 N–H and O–H groups in total. The van der Waals surface area contributed by atoms with E-state index < -0.39 is 10.0 Å². The summed E-state index contributed by atoms with van der Waals surface area (Å²) < 4.78 is 25.3. The van der Waals surface area contributed by atoms with Gasteiger partial charge in [-0.15, -0.1) is 0 Å². The zero-order valence-corrected chi connectivity index (χ0v) is 11.4. The molecule has 2 rings (SSSR count). The monoisotopic (exact) mass is 284 g/mol. The minimum absolute atomic E-state index is 0.179. The molecule has 1 fully saturated rings. The molecule has 1 amide bonds. The Bertz CT molecular complexity index is 554. The fourth-order valence-corrected chi connectivity index (χ4v) is 3.65. The van der Waals surface area contributed by atoms with E-state index in [-0.39, 0.29) is 11.7 Å². The topological polar surface area (TPSA) is 75.7 Å². The molecule has 7 heteroatoms. The molecule has 0 unspecified atom stereocenters. The molecule has 19 heavy (non-hydrogen) atoms. The quantitative estimate of drug-likeness (QED) is 0.837. The van der Waals surface area contributed by atoms with E-state index in [2.05, 4.69) is 10.3 Å². The largest absolute Gasteiger partial charge is 0.277 e. The first-order valence-corrected chi connectivity index (χ1v) is 7.59. The van der Waals surface area contributed by atoms with Crippen LogP contribution < -0.4 is 9.79 Å². The number of anilines is 1. The number of nitrogens with zero attached hydrogens (tertiary/aromatic N) is 1. The molecule has 1 aliphatic heterocycles. The van der Waals surface area contributed by atoms with Gasteiger partial charge in [0.2, 0.25) is 10.0 Å². The lowest BCUT2D eigenvalue weighted by atomic mass is 10.2. The van der Waals surface area contributed by atoms with Crippen LogP contribution in [0.15, 0.2) is 24.3 Å². The molecule has 0 radical (unpaired) electrons. The number of hydrogen-bond donors (Lipinski definition) is 1. The number of hydroxylamine groups is 1. The summed E-state index contributed by atoms with van der Waals surface area (Å²) in [5, 5.41) is 0. The molecule has 1 aromatic carbocycles. The Morgan fingerprint density at radius 3 is 2.53 bits per heavy atom. The number of nitrogens with one attached hydrogen (secondary N) is 1. The summed E-state index contributed by atoms with van der Waals surface area (Å²) >= 11 is 0. The number of sulfonamides is 1. The zero-order valence-electron chi connectivity index (χ0n) is 10.6. The molecule has 1 aromatic rings. The number of carbonyl (C=O) groups is 1. The van der Waals surface area contributed by atoms with Crippen LogP contribution in [0.25, 0.3) is 0 Å². The first-order chi connectivity index (χ1) is 9.04. The van der Waals surface area contributed by atoms with Gasteiger partial charge >= 0.3 is 0 Å². The Morgan fingerprint density at radius 1 is 1.26 bits per heavy atom. The molecular weight excluding hydrogens is 268 g/mol. The van der Waals surface area contributed by atoms with Crippen LogP contribution in [0.3, 0.4) is 0 Å². The normalized spacial score (nSPS) is 18.1. The van der Waals surface area contributed by atoms with Crippen LogP contribution in [-0.2, 0) is 14.9 Å². The van der Waals surface area contributed by atoms with Crippen molar-refractivity contribution in [3.05, 3.63) is 29.8 Å². The second kappa shape index (κ2) is 5.58. The van der Waals surface area contributed by atoms with Gasteiger partial charge in [-0.05, 0) is 37.1 Å². The van der Waals surface area contributed by atoms with Gasteiger partial charge in [0.1, 0.15) is 0 Å². The van der Waals surface area contributed by atoms with Gasteiger partial charge in [0.25, 0.3) is 5.91 Å². The van der Waals surface area contributed by atoms with Crippen molar-refractivity contribution in [2.24, 2.45) is 0 Å². The number of hydrogen-bond acceptors (Lipinski definition) is 4. The first kappa shape index (κ1) is 13.8. The Balaban J connectivity index is 2.20. The molecule has 1 saturated heterocycles. The first-order valence-electron chi connectivity index (χ1n) is 5.98. The van der Waals surface area contributed by atoms with Gasteiger partial charge in [-0.3, -0.25) is 13.9 Å². The summed E-state index contributed by atoms with van der Waals surface area (Å²) in [6.45, 7) is 0.492. The van der Waals surface area contributed by atoms with E-state index in [0.29, 0.717) is 24.2 Å². The summed E-state index contributed by atoms with van der Waals surface area (Å²) in [5.74, 6) is -0.186.